The molecule has 0 aliphatic rings. The molecule has 0 unspecified atom stereocenters. The number of anilines is 2. The molecule has 0 aliphatic heterocycles. The van der Waals surface area contributed by atoms with Crippen LogP contribution < -0.4 is 10.6 Å². The van der Waals surface area contributed by atoms with Crippen molar-refractivity contribution in [3.05, 3.63) is 47.9 Å². The van der Waals surface area contributed by atoms with E-state index in [2.05, 4.69) is 40.5 Å². The van der Waals surface area contributed by atoms with Gasteiger partial charge in [0.2, 0.25) is 0 Å². The first-order valence-electron chi connectivity index (χ1n) is 7.46. The zero-order valence-electron chi connectivity index (χ0n) is 13.2. The zero-order chi connectivity index (χ0) is 16.7. The van der Waals surface area contributed by atoms with Crippen molar-refractivity contribution in [2.45, 2.75) is 20.3 Å². The van der Waals surface area contributed by atoms with Crippen LogP contribution in [0.3, 0.4) is 0 Å². The Kier molecular flexibility index (Phi) is 5.64. The van der Waals surface area contributed by atoms with Gasteiger partial charge < -0.3 is 10.6 Å². The van der Waals surface area contributed by atoms with E-state index in [-0.39, 0.29) is 5.91 Å². The van der Waals surface area contributed by atoms with Crippen LogP contribution in [0.1, 0.15) is 36.3 Å². The van der Waals surface area contributed by atoms with Gasteiger partial charge in [-0.2, -0.15) is 5.26 Å². The monoisotopic (exact) mass is 309 g/mol. The second kappa shape index (κ2) is 7.90. The number of benzene rings is 1. The lowest BCUT2D eigenvalue weighted by atomic mass is 10.1. The number of carbonyl (C=O) groups is 1. The molecule has 6 heteroatoms. The Balaban J connectivity index is 1.93. The van der Waals surface area contributed by atoms with Crippen LogP contribution in [0.4, 0.5) is 11.5 Å². The number of hydrogen-bond acceptors (Lipinski definition) is 5. The molecule has 2 N–H and O–H groups in total. The molecule has 0 saturated carbocycles. The number of rotatable bonds is 6. The fourth-order valence-electron chi connectivity index (χ4n) is 1.85. The van der Waals surface area contributed by atoms with E-state index in [1.165, 1.54) is 12.4 Å². The minimum atomic E-state index is -0.219. The minimum Gasteiger partial charge on any atom is -0.351 e. The molecule has 1 aromatic heterocycles. The molecule has 118 valence electrons. The number of nitrogens with one attached hydrogen (secondary N) is 2. The Hall–Kier alpha value is -2.94. The number of carbonyl (C=O) groups excluding carboxylic acids is 1. The molecule has 23 heavy (non-hydrogen) atoms. The molecule has 2 rings (SSSR count). The molecule has 0 fully saturated rings. The van der Waals surface area contributed by atoms with Gasteiger partial charge in [0, 0.05) is 12.2 Å². The number of hydrogen-bond donors (Lipinski definition) is 2. The summed E-state index contributed by atoms with van der Waals surface area (Å²) >= 11 is 0. The van der Waals surface area contributed by atoms with E-state index in [1.807, 2.05) is 0 Å². The van der Waals surface area contributed by atoms with Gasteiger partial charge in [-0.15, -0.1) is 0 Å². The molecule has 0 saturated heterocycles. The fraction of sp³-hybridized carbons (Fsp3) is 0.294. The summed E-state index contributed by atoms with van der Waals surface area (Å²) in [5.74, 6) is 0.858. The highest BCUT2D eigenvalue weighted by atomic mass is 16.1. The fourth-order valence-corrected chi connectivity index (χ4v) is 1.85. The average molecular weight is 309 g/mol. The summed E-state index contributed by atoms with van der Waals surface area (Å²) in [6, 6.07) is 9.06. The van der Waals surface area contributed by atoms with Crippen molar-refractivity contribution in [3.8, 4) is 6.07 Å². The second-order valence-corrected chi connectivity index (χ2v) is 5.54. The molecular weight excluding hydrogens is 290 g/mol. The molecular formula is C17H19N5O. The summed E-state index contributed by atoms with van der Waals surface area (Å²) in [4.78, 5) is 20.2. The second-order valence-electron chi connectivity index (χ2n) is 5.54. The smallest absolute Gasteiger partial charge is 0.271 e. The van der Waals surface area contributed by atoms with Crippen molar-refractivity contribution in [1.82, 2.24) is 15.3 Å². The van der Waals surface area contributed by atoms with Gasteiger partial charge in [-0.1, -0.05) is 13.8 Å². The molecule has 1 amide bonds. The summed E-state index contributed by atoms with van der Waals surface area (Å²) in [7, 11) is 0. The van der Waals surface area contributed by atoms with Crippen LogP contribution in [0, 0.1) is 17.2 Å². The van der Waals surface area contributed by atoms with E-state index in [0.717, 1.165) is 12.1 Å². The van der Waals surface area contributed by atoms with E-state index < -0.39 is 0 Å². The zero-order valence-corrected chi connectivity index (χ0v) is 13.2. The summed E-state index contributed by atoms with van der Waals surface area (Å²) in [6.07, 6.45) is 3.88. The molecule has 0 atom stereocenters. The Bertz CT molecular complexity index is 686. The number of amides is 1. The lowest BCUT2D eigenvalue weighted by Crippen LogP contribution is -2.26. The summed E-state index contributed by atoms with van der Waals surface area (Å²) in [5.41, 5.74) is 1.68. The molecule has 6 nitrogen and oxygen atoms in total. The van der Waals surface area contributed by atoms with Crippen molar-refractivity contribution in [2.24, 2.45) is 5.92 Å². The van der Waals surface area contributed by atoms with Gasteiger partial charge >= 0.3 is 0 Å². The highest BCUT2D eigenvalue weighted by Crippen LogP contribution is 2.14. The van der Waals surface area contributed by atoms with E-state index in [9.17, 15) is 4.79 Å². The first-order chi connectivity index (χ1) is 11.1. The maximum atomic E-state index is 11.9. The van der Waals surface area contributed by atoms with Crippen LogP contribution in [0.25, 0.3) is 0 Å². The molecule has 1 aromatic carbocycles. The maximum Gasteiger partial charge on any atom is 0.271 e. The number of nitriles is 1. The van der Waals surface area contributed by atoms with Crippen LogP contribution in [0.2, 0.25) is 0 Å². The predicted octanol–water partition coefficient (Wildman–Crippen LogP) is 2.87. The third-order valence-electron chi connectivity index (χ3n) is 3.18. The summed E-state index contributed by atoms with van der Waals surface area (Å²) < 4.78 is 0. The first kappa shape index (κ1) is 16.4. The Labute approximate surface area is 135 Å². The highest BCUT2D eigenvalue weighted by molar-refractivity contribution is 5.92. The van der Waals surface area contributed by atoms with E-state index in [4.69, 9.17) is 5.26 Å². The molecule has 0 aliphatic carbocycles. The van der Waals surface area contributed by atoms with Gasteiger partial charge in [-0.3, -0.25) is 4.79 Å². The highest BCUT2D eigenvalue weighted by Gasteiger charge is 2.08. The van der Waals surface area contributed by atoms with Crippen LogP contribution in [0.5, 0.6) is 0 Å². The largest absolute Gasteiger partial charge is 0.351 e. The van der Waals surface area contributed by atoms with E-state index >= 15 is 0 Å². The average Bonchev–Trinajstić information content (AvgIpc) is 2.56. The van der Waals surface area contributed by atoms with Crippen molar-refractivity contribution < 1.29 is 4.79 Å². The lowest BCUT2D eigenvalue weighted by Gasteiger charge is -2.08. The van der Waals surface area contributed by atoms with E-state index in [1.54, 1.807) is 24.3 Å². The SMILES string of the molecule is CC(C)CCNC(=O)c1cnc(Nc2ccc(C#N)cc2)cn1. The van der Waals surface area contributed by atoms with E-state index in [0.29, 0.717) is 29.5 Å². The summed E-state index contributed by atoms with van der Waals surface area (Å²) in [5, 5.41) is 14.6. The molecule has 0 bridgehead atoms. The quantitative estimate of drug-likeness (QED) is 0.856. The third-order valence-corrected chi connectivity index (χ3v) is 3.18. The van der Waals surface area contributed by atoms with Gasteiger partial charge in [-0.25, -0.2) is 9.97 Å². The van der Waals surface area contributed by atoms with Gasteiger partial charge in [0.1, 0.15) is 11.5 Å². The Morgan fingerprint density at radius 3 is 2.52 bits per heavy atom. The van der Waals surface area contributed by atoms with Crippen LogP contribution in [-0.4, -0.2) is 22.4 Å². The molecule has 0 spiro atoms. The van der Waals surface area contributed by atoms with Crippen LogP contribution in [-0.2, 0) is 0 Å². The summed E-state index contributed by atoms with van der Waals surface area (Å²) in [6.45, 7) is 4.84. The van der Waals surface area contributed by atoms with Crippen molar-refractivity contribution >= 4 is 17.4 Å². The maximum absolute atomic E-state index is 11.9. The topological polar surface area (TPSA) is 90.7 Å². The number of nitrogens with zero attached hydrogens (tertiary/aromatic N) is 3. The van der Waals surface area contributed by atoms with Crippen molar-refractivity contribution in [3.63, 3.8) is 0 Å². The minimum absolute atomic E-state index is 0.219. The molecule has 2 aromatic rings. The normalized spacial score (nSPS) is 10.2. The van der Waals surface area contributed by atoms with Gasteiger partial charge in [0.25, 0.3) is 5.91 Å². The molecule has 0 radical (unpaired) electrons. The third kappa shape index (κ3) is 5.08. The van der Waals surface area contributed by atoms with Gasteiger partial charge in [0.05, 0.1) is 24.0 Å². The van der Waals surface area contributed by atoms with Crippen molar-refractivity contribution in [2.75, 3.05) is 11.9 Å². The van der Waals surface area contributed by atoms with Crippen LogP contribution >= 0.6 is 0 Å². The Morgan fingerprint density at radius 2 is 1.96 bits per heavy atom. The molecule has 1 heterocycles. The first-order valence-corrected chi connectivity index (χ1v) is 7.46. The Morgan fingerprint density at radius 1 is 1.22 bits per heavy atom. The standard InChI is InChI=1S/C17H19N5O/c1-12(2)7-8-19-17(23)15-10-21-16(11-20-15)22-14-5-3-13(9-18)4-6-14/h3-6,10-12H,7-8H2,1-2H3,(H,19,23)(H,21,22). The van der Waals surface area contributed by atoms with Crippen molar-refractivity contribution in [1.29, 1.82) is 5.26 Å². The van der Waals surface area contributed by atoms with Gasteiger partial charge in [0.15, 0.2) is 0 Å². The number of aromatic nitrogens is 2. The lowest BCUT2D eigenvalue weighted by molar-refractivity contribution is 0.0946. The predicted molar refractivity (Wildman–Crippen MR) is 88.3 cm³/mol. The van der Waals surface area contributed by atoms with Crippen LogP contribution in [0.15, 0.2) is 36.7 Å². The van der Waals surface area contributed by atoms with Gasteiger partial charge in [-0.05, 0) is 36.6 Å².